The number of ketones is 1. The number of hydrogen-bond acceptors (Lipinski definition) is 6. The molecule has 3 aromatic rings. The number of benzene rings is 3. The molecule has 0 aliphatic carbocycles. The van der Waals surface area contributed by atoms with Gasteiger partial charge in [-0.2, -0.15) is 0 Å². The van der Waals surface area contributed by atoms with Crippen molar-refractivity contribution >= 4 is 46.9 Å². The Bertz CT molecular complexity index is 1550. The van der Waals surface area contributed by atoms with Crippen LogP contribution in [0.4, 0.5) is 10.5 Å². The Kier molecular flexibility index (Phi) is 11.7. The van der Waals surface area contributed by atoms with Gasteiger partial charge in [-0.1, -0.05) is 66.2 Å². The molecule has 0 spiro atoms. The van der Waals surface area contributed by atoms with Crippen molar-refractivity contribution in [3.8, 4) is 0 Å². The molecule has 0 saturated heterocycles. The number of amides is 4. The van der Waals surface area contributed by atoms with E-state index in [1.807, 2.05) is 37.3 Å². The highest BCUT2D eigenvalue weighted by atomic mass is 35.5. The summed E-state index contributed by atoms with van der Waals surface area (Å²) in [4.78, 5) is 66.0. The lowest BCUT2D eigenvalue weighted by Gasteiger charge is -2.37. The fraction of sp³-hybridized carbons (Fsp3) is 0.324. The molecular weight excluding hydrogens is 596 g/mol. The number of Topliss-reactive ketones (excluding diaryl/α,β-unsaturated/α-hetero) is 1. The molecule has 0 saturated carbocycles. The minimum atomic E-state index is -0.948. The van der Waals surface area contributed by atoms with Crippen LogP contribution >= 0.6 is 11.6 Å². The molecular formula is C34H37ClN4O6. The number of carbonyl (C=O) groups is 5. The second-order valence-corrected chi connectivity index (χ2v) is 11.4. The van der Waals surface area contributed by atoms with Gasteiger partial charge in [0.2, 0.25) is 17.7 Å². The van der Waals surface area contributed by atoms with Gasteiger partial charge in [0.05, 0.1) is 6.61 Å². The van der Waals surface area contributed by atoms with E-state index in [9.17, 15) is 24.0 Å². The molecule has 1 unspecified atom stereocenters. The molecule has 1 aliphatic rings. The number of nitrogens with one attached hydrogen (secondary N) is 2. The predicted molar refractivity (Wildman–Crippen MR) is 171 cm³/mol. The Labute approximate surface area is 267 Å². The molecule has 3 aromatic carbocycles. The van der Waals surface area contributed by atoms with Crippen molar-refractivity contribution in [2.45, 2.75) is 64.1 Å². The second kappa shape index (κ2) is 15.9. The number of halogens is 1. The summed E-state index contributed by atoms with van der Waals surface area (Å²) >= 11 is 6.14. The molecule has 0 bridgehead atoms. The summed E-state index contributed by atoms with van der Waals surface area (Å²) in [6, 6.07) is 19.6. The lowest BCUT2D eigenvalue weighted by atomic mass is 9.92. The van der Waals surface area contributed by atoms with E-state index in [-0.39, 0.29) is 50.5 Å². The summed E-state index contributed by atoms with van der Waals surface area (Å²) in [7, 11) is 0. The van der Waals surface area contributed by atoms with E-state index in [1.165, 1.54) is 4.90 Å². The number of aryl methyl sites for hydroxylation is 1. The van der Waals surface area contributed by atoms with Crippen molar-refractivity contribution in [3.63, 3.8) is 0 Å². The van der Waals surface area contributed by atoms with E-state index >= 15 is 0 Å². The number of fused-ring (bicyclic) bond motifs is 1. The van der Waals surface area contributed by atoms with Gasteiger partial charge in [-0.25, -0.2) is 4.79 Å². The van der Waals surface area contributed by atoms with Gasteiger partial charge in [-0.3, -0.25) is 19.2 Å². The van der Waals surface area contributed by atoms with Crippen LogP contribution in [0.15, 0.2) is 72.8 Å². The lowest BCUT2D eigenvalue weighted by Crippen LogP contribution is -2.56. The van der Waals surface area contributed by atoms with Crippen molar-refractivity contribution < 1.29 is 28.7 Å². The molecule has 0 aromatic heterocycles. The monoisotopic (exact) mass is 632 g/mol. The smallest absolute Gasteiger partial charge is 0.404 e. The number of hydrogen-bond donors (Lipinski definition) is 3. The number of unbranched alkanes of at least 4 members (excludes halogenated alkanes) is 1. The number of primary amides is 1. The third kappa shape index (κ3) is 9.39. The van der Waals surface area contributed by atoms with Gasteiger partial charge >= 0.3 is 6.09 Å². The van der Waals surface area contributed by atoms with Gasteiger partial charge in [-0.05, 0) is 61.1 Å². The summed E-state index contributed by atoms with van der Waals surface area (Å²) in [5.41, 5.74) is 8.71. The van der Waals surface area contributed by atoms with Crippen LogP contribution in [0.1, 0.15) is 59.2 Å². The molecule has 236 valence electrons. The van der Waals surface area contributed by atoms with Crippen LogP contribution < -0.4 is 16.4 Å². The van der Waals surface area contributed by atoms with Gasteiger partial charge in [0.1, 0.15) is 12.1 Å². The van der Waals surface area contributed by atoms with Gasteiger partial charge < -0.3 is 26.0 Å². The van der Waals surface area contributed by atoms with Crippen LogP contribution in [0, 0.1) is 6.92 Å². The summed E-state index contributed by atoms with van der Waals surface area (Å²) in [5, 5.41) is 6.26. The Morgan fingerprint density at radius 3 is 2.38 bits per heavy atom. The number of nitrogens with zero attached hydrogens (tertiary/aromatic N) is 1. The summed E-state index contributed by atoms with van der Waals surface area (Å²) in [6.45, 7) is 2.10. The van der Waals surface area contributed by atoms with Gasteiger partial charge in [-0.15, -0.1) is 0 Å². The SMILES string of the molecule is Cc1cc(NC(=O)C(CCCCOC(N)=O)NC(=O)[C@@H]2Cc3ccccc3CN2C(=O)CCC(=O)c2ccccc2)ccc1Cl. The molecule has 0 radical (unpaired) electrons. The van der Waals surface area contributed by atoms with Crippen LogP contribution in [0.2, 0.25) is 5.02 Å². The minimum Gasteiger partial charge on any atom is -0.450 e. The molecule has 10 nitrogen and oxygen atoms in total. The van der Waals surface area contributed by atoms with Crippen LogP contribution in [-0.2, 0) is 32.1 Å². The average molecular weight is 633 g/mol. The number of anilines is 1. The molecule has 11 heteroatoms. The molecule has 0 fully saturated rings. The number of ether oxygens (including phenoxy) is 1. The summed E-state index contributed by atoms with van der Waals surface area (Å²) < 4.78 is 4.79. The summed E-state index contributed by atoms with van der Waals surface area (Å²) in [5.74, 6) is -1.40. The molecule has 2 atom stereocenters. The standard InChI is InChI=1S/C34H37ClN4O6/c1-22-19-26(14-15-27(22)35)37-32(42)28(13-7-8-18-45-34(36)44)38-33(43)29-20-24-11-5-6-12-25(24)21-39(29)31(41)17-16-30(40)23-9-3-2-4-10-23/h2-6,9-12,14-15,19,28-29H,7-8,13,16-18,20-21H2,1H3,(H2,36,44)(H,37,42)(H,38,43)/t28?,29-/m0/s1. The van der Waals surface area contributed by atoms with E-state index in [0.29, 0.717) is 29.1 Å². The molecule has 4 rings (SSSR count). The Morgan fingerprint density at radius 1 is 0.956 bits per heavy atom. The molecule has 45 heavy (non-hydrogen) atoms. The largest absolute Gasteiger partial charge is 0.450 e. The Hall–Kier alpha value is -4.70. The van der Waals surface area contributed by atoms with Gasteiger partial charge in [0.15, 0.2) is 5.78 Å². The average Bonchev–Trinajstić information content (AvgIpc) is 3.04. The highest BCUT2D eigenvalue weighted by Crippen LogP contribution is 2.25. The van der Waals surface area contributed by atoms with Crippen LogP contribution in [0.25, 0.3) is 0 Å². The van der Waals surface area contributed by atoms with Crippen molar-refractivity contribution in [2.24, 2.45) is 5.73 Å². The lowest BCUT2D eigenvalue weighted by molar-refractivity contribution is -0.142. The molecule has 1 aliphatic heterocycles. The van der Waals surface area contributed by atoms with Gasteiger partial charge in [0, 0.05) is 42.1 Å². The normalized spacial score (nSPS) is 14.5. The van der Waals surface area contributed by atoms with Crippen molar-refractivity contribution in [1.29, 1.82) is 0 Å². The van der Waals surface area contributed by atoms with E-state index < -0.39 is 30.0 Å². The van der Waals surface area contributed by atoms with E-state index in [2.05, 4.69) is 10.6 Å². The first-order valence-corrected chi connectivity index (χ1v) is 15.2. The maximum Gasteiger partial charge on any atom is 0.404 e. The maximum atomic E-state index is 13.9. The fourth-order valence-electron chi connectivity index (χ4n) is 5.26. The van der Waals surface area contributed by atoms with Crippen molar-refractivity contribution in [1.82, 2.24) is 10.2 Å². The van der Waals surface area contributed by atoms with E-state index in [1.54, 1.807) is 42.5 Å². The highest BCUT2D eigenvalue weighted by Gasteiger charge is 2.36. The van der Waals surface area contributed by atoms with Crippen LogP contribution in [0.3, 0.4) is 0 Å². The quantitative estimate of drug-likeness (QED) is 0.179. The Morgan fingerprint density at radius 2 is 1.67 bits per heavy atom. The minimum absolute atomic E-state index is 0.00818. The topological polar surface area (TPSA) is 148 Å². The second-order valence-electron chi connectivity index (χ2n) is 11.0. The maximum absolute atomic E-state index is 13.9. The number of rotatable bonds is 13. The first-order valence-electron chi connectivity index (χ1n) is 14.9. The highest BCUT2D eigenvalue weighted by molar-refractivity contribution is 6.31. The molecule has 4 N–H and O–H groups in total. The number of carbonyl (C=O) groups excluding carboxylic acids is 5. The zero-order valence-corrected chi connectivity index (χ0v) is 25.8. The first-order chi connectivity index (χ1) is 21.6. The molecule has 4 amide bonds. The Balaban J connectivity index is 1.50. The van der Waals surface area contributed by atoms with Crippen LogP contribution in [0.5, 0.6) is 0 Å². The number of nitrogens with two attached hydrogens (primary N) is 1. The van der Waals surface area contributed by atoms with E-state index in [0.717, 1.165) is 16.7 Å². The fourth-order valence-corrected chi connectivity index (χ4v) is 5.38. The zero-order valence-electron chi connectivity index (χ0n) is 25.1. The predicted octanol–water partition coefficient (Wildman–Crippen LogP) is 4.95. The van der Waals surface area contributed by atoms with Crippen molar-refractivity contribution in [2.75, 3.05) is 11.9 Å². The van der Waals surface area contributed by atoms with Crippen LogP contribution in [-0.4, -0.2) is 53.2 Å². The van der Waals surface area contributed by atoms with Gasteiger partial charge in [0.25, 0.3) is 0 Å². The van der Waals surface area contributed by atoms with E-state index in [4.69, 9.17) is 22.1 Å². The first kappa shape index (κ1) is 33.2. The zero-order chi connectivity index (χ0) is 32.3. The van der Waals surface area contributed by atoms with Crippen molar-refractivity contribution in [3.05, 3.63) is 100 Å². The third-order valence-corrected chi connectivity index (χ3v) is 8.15. The molecule has 1 heterocycles. The third-order valence-electron chi connectivity index (χ3n) is 7.72. The summed E-state index contributed by atoms with van der Waals surface area (Å²) in [6.07, 6.45) is 0.450.